The number of hydrogen-bond acceptors (Lipinski definition) is 4. The number of rotatable bonds is 8. The van der Waals surface area contributed by atoms with E-state index in [2.05, 4.69) is 5.32 Å². The highest BCUT2D eigenvalue weighted by Crippen LogP contribution is 2.12. The molecular weight excluding hydrogens is 348 g/mol. The summed E-state index contributed by atoms with van der Waals surface area (Å²) in [6.45, 7) is 9.28. The van der Waals surface area contributed by atoms with E-state index in [4.69, 9.17) is 4.74 Å². The van der Waals surface area contributed by atoms with Gasteiger partial charge in [-0.25, -0.2) is 9.59 Å². The van der Waals surface area contributed by atoms with Crippen LogP contribution >= 0.6 is 0 Å². The van der Waals surface area contributed by atoms with Crippen molar-refractivity contribution in [3.63, 3.8) is 0 Å². The summed E-state index contributed by atoms with van der Waals surface area (Å²) in [5, 5.41) is 22.7. The summed E-state index contributed by atoms with van der Waals surface area (Å²) >= 11 is 0. The average molecular weight is 380 g/mol. The number of aliphatic hydroxyl groups is 1. The lowest BCUT2D eigenvalue weighted by Gasteiger charge is -2.30. The molecule has 1 aromatic carbocycles. The lowest BCUT2D eigenvalue weighted by molar-refractivity contribution is 0.0362. The van der Waals surface area contributed by atoms with Crippen molar-refractivity contribution in [3.8, 4) is 0 Å². The maximum absolute atomic E-state index is 12.2. The zero-order chi connectivity index (χ0) is 20.6. The molecule has 2 amide bonds. The Bertz CT molecular complexity index is 598. The van der Waals surface area contributed by atoms with Crippen molar-refractivity contribution in [1.29, 1.82) is 0 Å². The third kappa shape index (κ3) is 9.28. The van der Waals surface area contributed by atoms with E-state index in [0.29, 0.717) is 13.0 Å². The van der Waals surface area contributed by atoms with Crippen LogP contribution in [0.1, 0.15) is 40.2 Å². The van der Waals surface area contributed by atoms with Crippen molar-refractivity contribution in [2.75, 3.05) is 13.1 Å². The van der Waals surface area contributed by atoms with Crippen LogP contribution in [0, 0.1) is 5.92 Å². The number of nitrogens with zero attached hydrogens (tertiary/aromatic N) is 1. The van der Waals surface area contributed by atoms with Gasteiger partial charge in [0.05, 0.1) is 18.7 Å². The molecule has 0 bridgehead atoms. The summed E-state index contributed by atoms with van der Waals surface area (Å²) in [6, 6.07) is 8.71. The number of carbonyl (C=O) groups is 2. The highest BCUT2D eigenvalue weighted by atomic mass is 16.6. The van der Waals surface area contributed by atoms with E-state index >= 15 is 0 Å². The SMILES string of the molecule is CC(C)CN(CC(O)C(Cc1ccccc1)NC(=O)OC(C)(C)C)C(=O)O. The third-order valence-electron chi connectivity index (χ3n) is 3.73. The number of benzene rings is 1. The van der Waals surface area contributed by atoms with Gasteiger partial charge in [-0.05, 0) is 38.7 Å². The minimum atomic E-state index is -1.10. The molecule has 2 unspecified atom stereocenters. The summed E-state index contributed by atoms with van der Waals surface area (Å²) in [6.07, 6.45) is -2.46. The van der Waals surface area contributed by atoms with E-state index in [9.17, 15) is 19.8 Å². The van der Waals surface area contributed by atoms with Gasteiger partial charge in [0.15, 0.2) is 0 Å². The molecule has 3 N–H and O–H groups in total. The van der Waals surface area contributed by atoms with Crippen molar-refractivity contribution in [3.05, 3.63) is 35.9 Å². The second-order valence-corrected chi connectivity index (χ2v) is 8.09. The van der Waals surface area contributed by atoms with Gasteiger partial charge in [0.1, 0.15) is 5.60 Å². The summed E-state index contributed by atoms with van der Waals surface area (Å²) in [4.78, 5) is 24.8. The lowest BCUT2D eigenvalue weighted by atomic mass is 10.0. The average Bonchev–Trinajstić information content (AvgIpc) is 2.52. The quantitative estimate of drug-likeness (QED) is 0.643. The normalized spacial score (nSPS) is 13.7. The first-order valence-electron chi connectivity index (χ1n) is 9.17. The standard InChI is InChI=1S/C20H32N2O5/c1-14(2)12-22(19(25)26)13-17(23)16(11-15-9-7-6-8-10-15)21-18(24)27-20(3,4)5/h6-10,14,16-17,23H,11-13H2,1-5H3,(H,21,24)(H,25,26). The van der Waals surface area contributed by atoms with E-state index in [0.717, 1.165) is 5.56 Å². The number of alkyl carbamates (subject to hydrolysis) is 1. The van der Waals surface area contributed by atoms with Gasteiger partial charge in [-0.15, -0.1) is 0 Å². The lowest BCUT2D eigenvalue weighted by Crippen LogP contribution is -2.51. The minimum absolute atomic E-state index is 0.0964. The van der Waals surface area contributed by atoms with E-state index in [1.54, 1.807) is 20.8 Å². The second kappa shape index (κ2) is 10.2. The van der Waals surface area contributed by atoms with Crippen molar-refractivity contribution in [1.82, 2.24) is 10.2 Å². The predicted octanol–water partition coefficient (Wildman–Crippen LogP) is 3.12. The zero-order valence-corrected chi connectivity index (χ0v) is 16.8. The summed E-state index contributed by atoms with van der Waals surface area (Å²) < 4.78 is 5.28. The van der Waals surface area contributed by atoms with Crippen LogP contribution in [0.15, 0.2) is 30.3 Å². The molecule has 7 nitrogen and oxygen atoms in total. The maximum atomic E-state index is 12.2. The monoisotopic (exact) mass is 380 g/mol. The van der Waals surface area contributed by atoms with Gasteiger partial charge in [0, 0.05) is 6.54 Å². The molecule has 152 valence electrons. The molecule has 7 heteroatoms. The number of carboxylic acid groups (broad SMARTS) is 1. The second-order valence-electron chi connectivity index (χ2n) is 8.09. The van der Waals surface area contributed by atoms with Gasteiger partial charge in [0.2, 0.25) is 0 Å². The first-order chi connectivity index (χ1) is 12.5. The fourth-order valence-electron chi connectivity index (χ4n) is 2.63. The molecule has 0 saturated carbocycles. The molecule has 0 saturated heterocycles. The van der Waals surface area contributed by atoms with Gasteiger partial charge in [-0.2, -0.15) is 0 Å². The minimum Gasteiger partial charge on any atom is -0.465 e. The van der Waals surface area contributed by atoms with Crippen LogP contribution < -0.4 is 5.32 Å². The first-order valence-corrected chi connectivity index (χ1v) is 9.17. The molecule has 0 aromatic heterocycles. The molecule has 0 fully saturated rings. The molecule has 0 radical (unpaired) electrons. The Morgan fingerprint density at radius 2 is 1.74 bits per heavy atom. The van der Waals surface area contributed by atoms with E-state index in [1.165, 1.54) is 4.90 Å². The van der Waals surface area contributed by atoms with Crippen molar-refractivity contribution in [2.24, 2.45) is 5.92 Å². The molecule has 0 aliphatic rings. The van der Waals surface area contributed by atoms with Crippen molar-refractivity contribution >= 4 is 12.2 Å². The Morgan fingerprint density at radius 1 is 1.15 bits per heavy atom. The van der Waals surface area contributed by atoms with Gasteiger partial charge in [-0.3, -0.25) is 0 Å². The molecular formula is C20H32N2O5. The largest absolute Gasteiger partial charge is 0.465 e. The fraction of sp³-hybridized carbons (Fsp3) is 0.600. The Morgan fingerprint density at radius 3 is 2.22 bits per heavy atom. The van der Waals surface area contributed by atoms with Crippen LogP contribution in [0.2, 0.25) is 0 Å². The highest BCUT2D eigenvalue weighted by molar-refractivity contribution is 5.68. The van der Waals surface area contributed by atoms with Gasteiger partial charge < -0.3 is 25.2 Å². The molecule has 0 aliphatic heterocycles. The van der Waals surface area contributed by atoms with E-state index in [1.807, 2.05) is 44.2 Å². The fourth-order valence-corrected chi connectivity index (χ4v) is 2.63. The van der Waals surface area contributed by atoms with Crippen LogP contribution in [0.3, 0.4) is 0 Å². The van der Waals surface area contributed by atoms with Gasteiger partial charge >= 0.3 is 12.2 Å². The van der Waals surface area contributed by atoms with Crippen LogP contribution in [-0.2, 0) is 11.2 Å². The number of ether oxygens (including phenoxy) is 1. The van der Waals surface area contributed by atoms with Crippen molar-refractivity contribution in [2.45, 2.75) is 58.8 Å². The Hall–Kier alpha value is -2.28. The van der Waals surface area contributed by atoms with Crippen LogP contribution in [0.4, 0.5) is 9.59 Å². The number of hydrogen-bond donors (Lipinski definition) is 3. The number of amides is 2. The molecule has 0 spiro atoms. The molecule has 1 aromatic rings. The Kier molecular flexibility index (Phi) is 8.56. The number of aliphatic hydroxyl groups excluding tert-OH is 1. The summed E-state index contributed by atoms with van der Waals surface area (Å²) in [5.41, 5.74) is 0.250. The third-order valence-corrected chi connectivity index (χ3v) is 3.73. The van der Waals surface area contributed by atoms with Crippen LogP contribution in [0.25, 0.3) is 0 Å². The predicted molar refractivity (Wildman–Crippen MR) is 104 cm³/mol. The van der Waals surface area contributed by atoms with Crippen LogP contribution in [-0.4, -0.2) is 58.1 Å². The molecule has 1 rings (SSSR count). The van der Waals surface area contributed by atoms with Gasteiger partial charge in [-0.1, -0.05) is 44.2 Å². The topological polar surface area (TPSA) is 99.1 Å². The van der Waals surface area contributed by atoms with Gasteiger partial charge in [0.25, 0.3) is 0 Å². The smallest absolute Gasteiger partial charge is 0.407 e. The number of nitrogens with one attached hydrogen (secondary N) is 1. The zero-order valence-electron chi connectivity index (χ0n) is 16.8. The Labute approximate surface area is 161 Å². The molecule has 0 aliphatic carbocycles. The van der Waals surface area contributed by atoms with Crippen molar-refractivity contribution < 1.29 is 24.5 Å². The summed E-state index contributed by atoms with van der Waals surface area (Å²) in [5.74, 6) is 0.125. The first kappa shape index (κ1) is 22.8. The summed E-state index contributed by atoms with van der Waals surface area (Å²) in [7, 11) is 0. The Balaban J connectivity index is 2.90. The van der Waals surface area contributed by atoms with E-state index < -0.39 is 29.9 Å². The molecule has 0 heterocycles. The molecule has 2 atom stereocenters. The highest BCUT2D eigenvalue weighted by Gasteiger charge is 2.28. The number of carbonyl (C=O) groups excluding carboxylic acids is 1. The maximum Gasteiger partial charge on any atom is 0.407 e. The molecule has 27 heavy (non-hydrogen) atoms. The van der Waals surface area contributed by atoms with Crippen LogP contribution in [0.5, 0.6) is 0 Å². The van der Waals surface area contributed by atoms with E-state index in [-0.39, 0.29) is 12.5 Å².